The highest BCUT2D eigenvalue weighted by atomic mass is 19.1. The van der Waals surface area contributed by atoms with Gasteiger partial charge in [0.2, 0.25) is 0 Å². The average Bonchev–Trinajstić information content (AvgIpc) is 2.76. The van der Waals surface area contributed by atoms with Crippen molar-refractivity contribution in [1.29, 1.82) is 0 Å². The molecular weight excluding hydrogens is 245 g/mol. The number of furan rings is 1. The minimum Gasteiger partial charge on any atom is -0.501 e. The van der Waals surface area contributed by atoms with Gasteiger partial charge < -0.3 is 14.9 Å². The molecule has 1 aliphatic rings. The SMILES string of the molecule is Cc1c(C(N)C2=COCCC2)oc2ccc(F)cc12. The maximum absolute atomic E-state index is 13.3. The van der Waals surface area contributed by atoms with Crippen molar-refractivity contribution in [2.75, 3.05) is 6.61 Å². The maximum Gasteiger partial charge on any atom is 0.134 e. The number of hydrogen-bond donors (Lipinski definition) is 1. The van der Waals surface area contributed by atoms with Crippen molar-refractivity contribution >= 4 is 11.0 Å². The van der Waals surface area contributed by atoms with Gasteiger partial charge in [-0.3, -0.25) is 0 Å². The second-order valence-corrected chi connectivity index (χ2v) is 4.88. The standard InChI is InChI=1S/C15H16FNO2/c1-9-12-7-11(16)4-5-13(12)19-15(9)14(17)10-3-2-6-18-8-10/h4-5,7-8,14H,2-3,6,17H2,1H3. The molecule has 1 aromatic heterocycles. The highest BCUT2D eigenvalue weighted by molar-refractivity contribution is 5.82. The zero-order valence-corrected chi connectivity index (χ0v) is 10.8. The topological polar surface area (TPSA) is 48.4 Å². The third-order valence-corrected chi connectivity index (χ3v) is 3.58. The third-order valence-electron chi connectivity index (χ3n) is 3.58. The van der Waals surface area contributed by atoms with Crippen LogP contribution in [-0.2, 0) is 4.74 Å². The summed E-state index contributed by atoms with van der Waals surface area (Å²) >= 11 is 0. The summed E-state index contributed by atoms with van der Waals surface area (Å²) in [4.78, 5) is 0. The van der Waals surface area contributed by atoms with Gasteiger partial charge in [-0.2, -0.15) is 0 Å². The van der Waals surface area contributed by atoms with Crippen molar-refractivity contribution in [3.8, 4) is 0 Å². The second-order valence-electron chi connectivity index (χ2n) is 4.88. The Labute approximate surface area is 110 Å². The third kappa shape index (κ3) is 2.12. The van der Waals surface area contributed by atoms with Gasteiger partial charge in [0.25, 0.3) is 0 Å². The Morgan fingerprint density at radius 2 is 2.21 bits per heavy atom. The fourth-order valence-corrected chi connectivity index (χ4v) is 2.49. The lowest BCUT2D eigenvalue weighted by molar-refractivity contribution is 0.220. The van der Waals surface area contributed by atoms with Gasteiger partial charge in [0.05, 0.1) is 18.9 Å². The summed E-state index contributed by atoms with van der Waals surface area (Å²) in [6, 6.07) is 4.19. The molecule has 2 N–H and O–H groups in total. The Morgan fingerprint density at radius 1 is 1.37 bits per heavy atom. The van der Waals surface area contributed by atoms with E-state index in [4.69, 9.17) is 14.9 Å². The van der Waals surface area contributed by atoms with Crippen molar-refractivity contribution < 1.29 is 13.5 Å². The lowest BCUT2D eigenvalue weighted by Gasteiger charge is -2.18. The van der Waals surface area contributed by atoms with Gasteiger partial charge in [-0.15, -0.1) is 0 Å². The monoisotopic (exact) mass is 261 g/mol. The van der Waals surface area contributed by atoms with Crippen LogP contribution in [0.5, 0.6) is 0 Å². The summed E-state index contributed by atoms with van der Waals surface area (Å²) in [5, 5.41) is 0.780. The van der Waals surface area contributed by atoms with Crippen LogP contribution in [0.3, 0.4) is 0 Å². The molecule has 0 amide bonds. The van der Waals surface area contributed by atoms with Crippen LogP contribution in [-0.4, -0.2) is 6.61 Å². The Kier molecular flexibility index (Phi) is 3.03. The van der Waals surface area contributed by atoms with Gasteiger partial charge in [0.1, 0.15) is 17.2 Å². The Balaban J connectivity index is 2.05. The minimum absolute atomic E-state index is 0.267. The first-order valence-electron chi connectivity index (χ1n) is 6.41. The van der Waals surface area contributed by atoms with Crippen LogP contribution in [0.15, 0.2) is 34.5 Å². The summed E-state index contributed by atoms with van der Waals surface area (Å²) in [6.07, 6.45) is 3.60. The van der Waals surface area contributed by atoms with E-state index in [1.807, 2.05) is 6.92 Å². The lowest BCUT2D eigenvalue weighted by Crippen LogP contribution is -2.16. The van der Waals surface area contributed by atoms with Crippen LogP contribution < -0.4 is 5.73 Å². The minimum atomic E-state index is -0.323. The van der Waals surface area contributed by atoms with E-state index < -0.39 is 0 Å². The molecule has 3 rings (SSSR count). The first-order chi connectivity index (χ1) is 9.16. The zero-order valence-electron chi connectivity index (χ0n) is 10.8. The smallest absolute Gasteiger partial charge is 0.134 e. The molecule has 0 saturated heterocycles. The number of halogens is 1. The number of ether oxygens (including phenoxy) is 1. The van der Waals surface area contributed by atoms with Crippen molar-refractivity contribution in [2.45, 2.75) is 25.8 Å². The molecule has 19 heavy (non-hydrogen) atoms. The molecule has 0 saturated carbocycles. The largest absolute Gasteiger partial charge is 0.501 e. The fourth-order valence-electron chi connectivity index (χ4n) is 2.49. The van der Waals surface area contributed by atoms with Crippen LogP contribution in [0.4, 0.5) is 4.39 Å². The predicted molar refractivity (Wildman–Crippen MR) is 71.1 cm³/mol. The van der Waals surface area contributed by atoms with Crippen LogP contribution in [0.2, 0.25) is 0 Å². The van der Waals surface area contributed by atoms with Crippen molar-refractivity contribution in [2.24, 2.45) is 5.73 Å². The molecule has 1 unspecified atom stereocenters. The second kappa shape index (κ2) is 4.70. The van der Waals surface area contributed by atoms with Crippen LogP contribution in [0, 0.1) is 12.7 Å². The number of fused-ring (bicyclic) bond motifs is 1. The molecule has 0 spiro atoms. The number of nitrogens with two attached hydrogens (primary N) is 1. The molecular formula is C15H16FNO2. The average molecular weight is 261 g/mol. The van der Waals surface area contributed by atoms with E-state index in [0.717, 1.165) is 36.0 Å². The van der Waals surface area contributed by atoms with Gasteiger partial charge >= 0.3 is 0 Å². The Bertz CT molecular complexity index is 645. The van der Waals surface area contributed by atoms with Crippen LogP contribution >= 0.6 is 0 Å². The number of rotatable bonds is 2. The summed E-state index contributed by atoms with van der Waals surface area (Å²) in [5.74, 6) is 0.425. The lowest BCUT2D eigenvalue weighted by atomic mass is 9.98. The molecule has 4 heteroatoms. The first kappa shape index (κ1) is 12.2. The van der Waals surface area contributed by atoms with E-state index in [0.29, 0.717) is 11.3 Å². The number of aryl methyl sites for hydroxylation is 1. The van der Waals surface area contributed by atoms with Crippen molar-refractivity contribution in [3.05, 3.63) is 47.2 Å². The number of benzene rings is 1. The van der Waals surface area contributed by atoms with Crippen LogP contribution in [0.25, 0.3) is 11.0 Å². The van der Waals surface area contributed by atoms with E-state index in [9.17, 15) is 4.39 Å². The van der Waals surface area contributed by atoms with E-state index in [1.165, 1.54) is 12.1 Å². The molecule has 0 bridgehead atoms. The molecule has 3 nitrogen and oxygen atoms in total. The number of hydrogen-bond acceptors (Lipinski definition) is 3. The Morgan fingerprint density at radius 3 is 2.95 bits per heavy atom. The highest BCUT2D eigenvalue weighted by Gasteiger charge is 2.22. The van der Waals surface area contributed by atoms with Crippen molar-refractivity contribution in [1.82, 2.24) is 0 Å². The molecule has 100 valence electrons. The summed E-state index contributed by atoms with van der Waals surface area (Å²) in [5.41, 5.74) is 8.82. The molecule has 0 radical (unpaired) electrons. The first-order valence-corrected chi connectivity index (χ1v) is 6.41. The van der Waals surface area contributed by atoms with E-state index in [1.54, 1.807) is 12.3 Å². The van der Waals surface area contributed by atoms with Gasteiger partial charge in [0.15, 0.2) is 0 Å². The van der Waals surface area contributed by atoms with E-state index in [-0.39, 0.29) is 11.9 Å². The normalized spacial score (nSPS) is 17.1. The molecule has 0 fully saturated rings. The summed E-state index contributed by atoms with van der Waals surface area (Å²) in [7, 11) is 0. The summed E-state index contributed by atoms with van der Waals surface area (Å²) < 4.78 is 24.4. The van der Waals surface area contributed by atoms with Crippen LogP contribution in [0.1, 0.15) is 30.2 Å². The molecule has 0 aliphatic carbocycles. The molecule has 1 atom stereocenters. The van der Waals surface area contributed by atoms with Gasteiger partial charge in [-0.1, -0.05) is 0 Å². The zero-order chi connectivity index (χ0) is 13.4. The molecule has 2 aromatic rings. The van der Waals surface area contributed by atoms with Gasteiger partial charge in [0, 0.05) is 10.9 Å². The molecule has 2 heterocycles. The maximum atomic E-state index is 13.3. The molecule has 1 aliphatic heterocycles. The Hall–Kier alpha value is -1.81. The molecule has 1 aromatic carbocycles. The van der Waals surface area contributed by atoms with E-state index in [2.05, 4.69) is 0 Å². The van der Waals surface area contributed by atoms with E-state index >= 15 is 0 Å². The van der Waals surface area contributed by atoms with Crippen molar-refractivity contribution in [3.63, 3.8) is 0 Å². The highest BCUT2D eigenvalue weighted by Crippen LogP contribution is 2.33. The van der Waals surface area contributed by atoms with Gasteiger partial charge in [-0.05, 0) is 43.5 Å². The van der Waals surface area contributed by atoms with Gasteiger partial charge in [-0.25, -0.2) is 4.39 Å². The fraction of sp³-hybridized carbons (Fsp3) is 0.333. The summed E-state index contributed by atoms with van der Waals surface area (Å²) in [6.45, 7) is 2.64. The predicted octanol–water partition coefficient (Wildman–Crippen LogP) is 3.57. The quantitative estimate of drug-likeness (QED) is 0.899.